The molecule has 0 heterocycles. The van der Waals surface area contributed by atoms with Gasteiger partial charge in [-0.05, 0) is 58.5 Å². The van der Waals surface area contributed by atoms with Crippen LogP contribution >= 0.6 is 22.6 Å². The van der Waals surface area contributed by atoms with Gasteiger partial charge in [0.2, 0.25) is 5.91 Å². The van der Waals surface area contributed by atoms with Crippen LogP contribution in [0.1, 0.15) is 56.1 Å². The van der Waals surface area contributed by atoms with E-state index < -0.39 is 0 Å². The Morgan fingerprint density at radius 2 is 2.11 bits per heavy atom. The van der Waals surface area contributed by atoms with Crippen LogP contribution in [-0.2, 0) is 16.2 Å². The number of carbonyl (C=O) groups is 1. The maximum absolute atomic E-state index is 10.7. The second-order valence-corrected chi connectivity index (χ2v) is 6.30. The minimum atomic E-state index is -0.173. The molecule has 1 aromatic carbocycles. The molecule has 2 rings (SSSR count). The van der Waals surface area contributed by atoms with Gasteiger partial charge in [0, 0.05) is 10.5 Å². The van der Waals surface area contributed by atoms with Crippen molar-refractivity contribution in [3.63, 3.8) is 0 Å². The quantitative estimate of drug-likeness (QED) is 0.642. The van der Waals surface area contributed by atoms with Gasteiger partial charge >= 0.3 is 0 Å². The summed E-state index contributed by atoms with van der Waals surface area (Å²) in [6.45, 7) is 1.86. The smallest absolute Gasteiger partial charge is 0.240 e. The fraction of sp³-hybridized carbons (Fsp3) is 0.533. The van der Waals surface area contributed by atoms with Gasteiger partial charge < -0.3 is 0 Å². The van der Waals surface area contributed by atoms with E-state index in [1.165, 1.54) is 48.2 Å². The number of hydroxylamine groups is 1. The Balaban J connectivity index is 1.98. The molecule has 104 valence electrons. The van der Waals surface area contributed by atoms with Gasteiger partial charge in [0.25, 0.3) is 0 Å². The maximum atomic E-state index is 10.7. The zero-order chi connectivity index (χ0) is 13.7. The minimum absolute atomic E-state index is 0.173. The molecule has 0 bridgehead atoms. The lowest BCUT2D eigenvalue weighted by Gasteiger charge is -2.23. The second kappa shape index (κ2) is 7.24. The molecule has 0 unspecified atom stereocenters. The Morgan fingerprint density at radius 1 is 1.37 bits per heavy atom. The van der Waals surface area contributed by atoms with Crippen LogP contribution in [0, 0.1) is 3.57 Å². The molecular weight excluding hydrogens is 353 g/mol. The molecule has 0 atom stereocenters. The Labute approximate surface area is 128 Å². The first-order chi connectivity index (χ1) is 9.16. The van der Waals surface area contributed by atoms with Crippen molar-refractivity contribution in [2.45, 2.75) is 51.6 Å². The van der Waals surface area contributed by atoms with E-state index in [-0.39, 0.29) is 5.91 Å². The first-order valence-corrected chi connectivity index (χ1v) is 7.91. The van der Waals surface area contributed by atoms with Crippen LogP contribution in [0.15, 0.2) is 18.2 Å². The summed E-state index contributed by atoms with van der Waals surface area (Å²) in [6, 6.07) is 6.49. The highest BCUT2D eigenvalue weighted by molar-refractivity contribution is 14.1. The molecule has 3 nitrogen and oxygen atoms in total. The first kappa shape index (κ1) is 14.8. The van der Waals surface area contributed by atoms with Crippen LogP contribution in [0.25, 0.3) is 0 Å². The van der Waals surface area contributed by atoms with Gasteiger partial charge in [-0.1, -0.05) is 31.4 Å². The normalized spacial score (nSPS) is 16.3. The highest BCUT2D eigenvalue weighted by atomic mass is 127. The number of benzene rings is 1. The van der Waals surface area contributed by atoms with Crippen LogP contribution < -0.4 is 5.48 Å². The molecule has 1 fully saturated rings. The summed E-state index contributed by atoms with van der Waals surface area (Å²) in [5, 5.41) is 0. The van der Waals surface area contributed by atoms with E-state index in [9.17, 15) is 4.79 Å². The molecule has 1 aromatic rings. The van der Waals surface area contributed by atoms with Crippen molar-refractivity contribution in [3.05, 3.63) is 32.9 Å². The minimum Gasteiger partial charge on any atom is -0.273 e. The summed E-state index contributed by atoms with van der Waals surface area (Å²) >= 11 is 2.41. The molecule has 4 heteroatoms. The number of amides is 1. The molecule has 1 aliphatic rings. The van der Waals surface area contributed by atoms with Gasteiger partial charge in [0.1, 0.15) is 0 Å². The summed E-state index contributed by atoms with van der Waals surface area (Å²) in [5.41, 5.74) is 4.92. The topological polar surface area (TPSA) is 38.3 Å². The fourth-order valence-electron chi connectivity index (χ4n) is 2.63. The van der Waals surface area contributed by atoms with E-state index in [0.717, 1.165) is 11.5 Å². The molecule has 0 radical (unpaired) electrons. The van der Waals surface area contributed by atoms with Gasteiger partial charge in [-0.3, -0.25) is 9.63 Å². The molecule has 1 amide bonds. The van der Waals surface area contributed by atoms with Crippen LogP contribution in [-0.4, -0.2) is 5.91 Å². The third-order valence-electron chi connectivity index (χ3n) is 3.56. The molecule has 0 aliphatic heterocycles. The number of halogens is 1. The summed E-state index contributed by atoms with van der Waals surface area (Å²) in [5.74, 6) is 0.555. The molecule has 1 N–H and O–H groups in total. The van der Waals surface area contributed by atoms with E-state index in [1.54, 1.807) is 0 Å². The lowest BCUT2D eigenvalue weighted by molar-refractivity contribution is -0.132. The van der Waals surface area contributed by atoms with Crippen molar-refractivity contribution < 1.29 is 9.63 Å². The average Bonchev–Trinajstić information content (AvgIpc) is 2.39. The summed E-state index contributed by atoms with van der Waals surface area (Å²) in [6.07, 6.45) is 6.73. The van der Waals surface area contributed by atoms with Crippen molar-refractivity contribution in [1.29, 1.82) is 0 Å². The Bertz CT molecular complexity index is 442. The van der Waals surface area contributed by atoms with Crippen LogP contribution in [0.4, 0.5) is 0 Å². The Kier molecular flexibility index (Phi) is 5.63. The van der Waals surface area contributed by atoms with E-state index in [1.807, 2.05) is 0 Å². The zero-order valence-corrected chi connectivity index (χ0v) is 13.4. The SMILES string of the molecule is CC(=O)NOCc1ccc(C2CCCCC2)c(I)c1. The number of rotatable bonds is 4. The molecule has 0 spiro atoms. The van der Waals surface area contributed by atoms with Crippen LogP contribution in [0.5, 0.6) is 0 Å². The Morgan fingerprint density at radius 3 is 2.74 bits per heavy atom. The van der Waals surface area contributed by atoms with Gasteiger partial charge in [0.05, 0.1) is 6.61 Å². The van der Waals surface area contributed by atoms with Gasteiger partial charge in [-0.2, -0.15) is 0 Å². The Hall–Kier alpha value is -0.620. The summed E-state index contributed by atoms with van der Waals surface area (Å²) in [7, 11) is 0. The third kappa shape index (κ3) is 4.45. The first-order valence-electron chi connectivity index (χ1n) is 6.83. The van der Waals surface area contributed by atoms with E-state index >= 15 is 0 Å². The van der Waals surface area contributed by atoms with Crippen molar-refractivity contribution in [1.82, 2.24) is 5.48 Å². The number of hydrogen-bond donors (Lipinski definition) is 1. The monoisotopic (exact) mass is 373 g/mol. The van der Waals surface area contributed by atoms with Crippen LogP contribution in [0.3, 0.4) is 0 Å². The van der Waals surface area contributed by atoms with Crippen molar-refractivity contribution >= 4 is 28.5 Å². The zero-order valence-electron chi connectivity index (χ0n) is 11.2. The summed E-state index contributed by atoms with van der Waals surface area (Å²) < 4.78 is 1.31. The second-order valence-electron chi connectivity index (χ2n) is 5.14. The lowest BCUT2D eigenvalue weighted by Crippen LogP contribution is -2.19. The number of carbonyl (C=O) groups excluding carboxylic acids is 1. The molecule has 0 saturated heterocycles. The van der Waals surface area contributed by atoms with Crippen molar-refractivity contribution in [2.75, 3.05) is 0 Å². The molecule has 1 saturated carbocycles. The maximum Gasteiger partial charge on any atom is 0.240 e. The third-order valence-corrected chi connectivity index (χ3v) is 4.50. The molecule has 1 aliphatic carbocycles. The summed E-state index contributed by atoms with van der Waals surface area (Å²) in [4.78, 5) is 15.8. The predicted molar refractivity (Wildman–Crippen MR) is 83.6 cm³/mol. The van der Waals surface area contributed by atoms with E-state index in [2.05, 4.69) is 46.3 Å². The molecule has 19 heavy (non-hydrogen) atoms. The standard InChI is InChI=1S/C15H20INO2/c1-11(18)17-19-10-12-7-8-14(15(16)9-12)13-5-3-2-4-6-13/h7-9,13H,2-6,10H2,1H3,(H,17,18). The molecular formula is C15H20INO2. The van der Waals surface area contributed by atoms with Crippen molar-refractivity contribution in [3.8, 4) is 0 Å². The van der Waals surface area contributed by atoms with Gasteiger partial charge in [0.15, 0.2) is 0 Å². The average molecular weight is 373 g/mol. The number of hydrogen-bond acceptors (Lipinski definition) is 2. The van der Waals surface area contributed by atoms with Crippen molar-refractivity contribution in [2.24, 2.45) is 0 Å². The predicted octanol–water partition coefficient (Wildman–Crippen LogP) is 3.91. The number of nitrogens with one attached hydrogen (secondary N) is 1. The fourth-order valence-corrected chi connectivity index (χ4v) is 3.65. The highest BCUT2D eigenvalue weighted by Gasteiger charge is 2.17. The lowest BCUT2D eigenvalue weighted by atomic mass is 9.84. The van der Waals surface area contributed by atoms with Gasteiger partial charge in [-0.25, -0.2) is 5.48 Å². The van der Waals surface area contributed by atoms with E-state index in [0.29, 0.717) is 6.61 Å². The highest BCUT2D eigenvalue weighted by Crippen LogP contribution is 2.35. The van der Waals surface area contributed by atoms with Crippen LogP contribution in [0.2, 0.25) is 0 Å². The van der Waals surface area contributed by atoms with E-state index in [4.69, 9.17) is 4.84 Å². The largest absolute Gasteiger partial charge is 0.273 e. The van der Waals surface area contributed by atoms with Gasteiger partial charge in [-0.15, -0.1) is 0 Å². The molecule has 0 aromatic heterocycles.